The third-order valence-electron chi connectivity index (χ3n) is 6.99. The molecule has 0 radical (unpaired) electrons. The molecule has 144 valence electrons. The third kappa shape index (κ3) is 2.78. The smallest absolute Gasteiger partial charge is 0.261 e. The predicted molar refractivity (Wildman–Crippen MR) is 110 cm³/mol. The molecule has 1 aromatic carbocycles. The highest BCUT2D eigenvalue weighted by Crippen LogP contribution is 2.49. The molecule has 3 saturated heterocycles. The molecule has 4 fully saturated rings. The van der Waals surface area contributed by atoms with Crippen LogP contribution in [0.25, 0.3) is 10.1 Å². The summed E-state index contributed by atoms with van der Waals surface area (Å²) in [5.41, 5.74) is 1.35. The van der Waals surface area contributed by atoms with Crippen LogP contribution in [0.1, 0.15) is 60.7 Å². The molecule has 2 bridgehead atoms. The van der Waals surface area contributed by atoms with Gasteiger partial charge >= 0.3 is 0 Å². The minimum Gasteiger partial charge on any atom is -0.496 e. The Labute approximate surface area is 164 Å². The predicted octanol–water partition coefficient (Wildman–Crippen LogP) is 4.39. The van der Waals surface area contributed by atoms with Crippen LogP contribution in [0.3, 0.4) is 0 Å². The van der Waals surface area contributed by atoms with E-state index in [2.05, 4.69) is 42.3 Å². The van der Waals surface area contributed by atoms with Crippen molar-refractivity contribution in [3.8, 4) is 5.75 Å². The highest BCUT2D eigenvalue weighted by molar-refractivity contribution is 7.21. The lowest BCUT2D eigenvalue weighted by atomic mass is 9.72. The van der Waals surface area contributed by atoms with E-state index in [0.717, 1.165) is 23.7 Å². The molecule has 1 aromatic heterocycles. The van der Waals surface area contributed by atoms with Crippen LogP contribution in [0, 0.1) is 5.92 Å². The second-order valence-corrected chi connectivity index (χ2v) is 9.97. The molecule has 0 unspecified atom stereocenters. The van der Waals surface area contributed by atoms with Crippen molar-refractivity contribution < 1.29 is 9.53 Å². The van der Waals surface area contributed by atoms with Gasteiger partial charge in [0.1, 0.15) is 5.75 Å². The van der Waals surface area contributed by atoms with Gasteiger partial charge in [0.25, 0.3) is 5.91 Å². The van der Waals surface area contributed by atoms with Crippen LogP contribution in [-0.4, -0.2) is 42.6 Å². The first-order valence-corrected chi connectivity index (χ1v) is 11.0. The Morgan fingerprint density at radius 1 is 1.22 bits per heavy atom. The number of amides is 1. The molecule has 3 aliphatic heterocycles. The third-order valence-corrected chi connectivity index (χ3v) is 8.17. The van der Waals surface area contributed by atoms with Gasteiger partial charge in [-0.05, 0) is 88.0 Å². The number of carbonyl (C=O) groups is 1. The van der Waals surface area contributed by atoms with E-state index in [1.807, 2.05) is 0 Å². The molecular weight excluding hydrogens is 356 g/mol. The maximum absolute atomic E-state index is 13.1. The fourth-order valence-corrected chi connectivity index (χ4v) is 6.42. The van der Waals surface area contributed by atoms with Gasteiger partial charge in [0.05, 0.1) is 12.0 Å². The Kier molecular flexibility index (Phi) is 4.03. The van der Waals surface area contributed by atoms with Crippen LogP contribution in [0.2, 0.25) is 0 Å². The highest BCUT2D eigenvalue weighted by Gasteiger charge is 2.48. The van der Waals surface area contributed by atoms with E-state index in [1.165, 1.54) is 41.3 Å². The zero-order valence-electron chi connectivity index (χ0n) is 16.4. The topological polar surface area (TPSA) is 41.6 Å². The van der Waals surface area contributed by atoms with E-state index < -0.39 is 0 Å². The first kappa shape index (κ1) is 17.5. The molecule has 0 spiro atoms. The van der Waals surface area contributed by atoms with Crippen molar-refractivity contribution in [3.63, 3.8) is 0 Å². The highest BCUT2D eigenvalue weighted by atomic mass is 32.1. The number of rotatable bonds is 4. The van der Waals surface area contributed by atoms with Crippen LogP contribution in [-0.2, 0) is 0 Å². The van der Waals surface area contributed by atoms with Crippen molar-refractivity contribution >= 4 is 27.3 Å². The van der Waals surface area contributed by atoms with E-state index in [1.54, 1.807) is 18.4 Å². The lowest BCUT2D eigenvalue weighted by Crippen LogP contribution is -2.69. The Morgan fingerprint density at radius 2 is 1.96 bits per heavy atom. The van der Waals surface area contributed by atoms with Gasteiger partial charge in [-0.1, -0.05) is 0 Å². The van der Waals surface area contributed by atoms with Crippen LogP contribution in [0.15, 0.2) is 18.2 Å². The number of carbonyl (C=O) groups excluding carboxylic acids is 1. The summed E-state index contributed by atoms with van der Waals surface area (Å²) >= 11 is 1.63. The fourth-order valence-electron chi connectivity index (χ4n) is 5.24. The lowest BCUT2D eigenvalue weighted by molar-refractivity contribution is -0.0377. The number of nitrogens with zero attached hydrogens (tertiary/aromatic N) is 1. The summed E-state index contributed by atoms with van der Waals surface area (Å²) in [5, 5.41) is 4.58. The minimum absolute atomic E-state index is 0.0376. The molecule has 1 aliphatic carbocycles. The van der Waals surface area contributed by atoms with E-state index in [-0.39, 0.29) is 17.5 Å². The van der Waals surface area contributed by atoms with Crippen LogP contribution < -0.4 is 10.1 Å². The van der Waals surface area contributed by atoms with Crippen molar-refractivity contribution in [2.75, 3.05) is 20.2 Å². The van der Waals surface area contributed by atoms with E-state index >= 15 is 0 Å². The summed E-state index contributed by atoms with van der Waals surface area (Å²) < 4.78 is 6.84. The summed E-state index contributed by atoms with van der Waals surface area (Å²) in [6, 6.07) is 6.44. The molecule has 1 atom stereocenters. The van der Waals surface area contributed by atoms with Gasteiger partial charge in [-0.3, -0.25) is 9.69 Å². The first-order valence-electron chi connectivity index (χ1n) is 10.2. The molecule has 4 aliphatic rings. The normalized spacial score (nSPS) is 29.1. The van der Waals surface area contributed by atoms with Gasteiger partial charge in [0.2, 0.25) is 0 Å². The standard InChI is InChI=1S/C22H28N2O2S/c1-22(2)20(14-8-10-24(22)11-9-14)23-21(25)17-12-15-6-7-16(26-3)18(13-4-5-13)19(15)27-17/h6-7,12-14,20H,4-5,8-11H2,1-3H3,(H,23,25)/t20-/m0/s1. The fraction of sp³-hybridized carbons (Fsp3) is 0.591. The van der Waals surface area contributed by atoms with Gasteiger partial charge in [0.15, 0.2) is 0 Å². The number of benzene rings is 1. The van der Waals surface area contributed by atoms with Gasteiger partial charge < -0.3 is 10.1 Å². The number of hydrogen-bond acceptors (Lipinski definition) is 4. The average molecular weight is 385 g/mol. The number of thiophene rings is 1. The molecule has 1 N–H and O–H groups in total. The van der Waals surface area contributed by atoms with Crippen molar-refractivity contribution in [1.29, 1.82) is 0 Å². The summed E-state index contributed by atoms with van der Waals surface area (Å²) in [7, 11) is 1.74. The van der Waals surface area contributed by atoms with Crippen LogP contribution in [0.4, 0.5) is 0 Å². The molecule has 1 amide bonds. The van der Waals surface area contributed by atoms with E-state index in [9.17, 15) is 4.79 Å². The summed E-state index contributed by atoms with van der Waals surface area (Å²) in [5.74, 6) is 2.26. The Balaban J connectivity index is 1.45. The number of hydrogen-bond donors (Lipinski definition) is 1. The molecule has 4 nitrogen and oxygen atoms in total. The number of fused-ring (bicyclic) bond motifs is 4. The second-order valence-electron chi connectivity index (χ2n) is 8.91. The van der Waals surface area contributed by atoms with Gasteiger partial charge in [-0.25, -0.2) is 0 Å². The summed E-state index contributed by atoms with van der Waals surface area (Å²) in [6.45, 7) is 6.89. The maximum atomic E-state index is 13.1. The Bertz CT molecular complexity index is 891. The van der Waals surface area contributed by atoms with Gasteiger partial charge in [0, 0.05) is 21.8 Å². The molecule has 5 heteroatoms. The quantitative estimate of drug-likeness (QED) is 0.850. The maximum Gasteiger partial charge on any atom is 0.261 e. The Hall–Kier alpha value is -1.59. The van der Waals surface area contributed by atoms with Crippen molar-refractivity contribution in [1.82, 2.24) is 10.2 Å². The number of methoxy groups -OCH3 is 1. The van der Waals surface area contributed by atoms with Crippen molar-refractivity contribution in [2.24, 2.45) is 5.92 Å². The van der Waals surface area contributed by atoms with Crippen molar-refractivity contribution in [2.45, 2.75) is 57.0 Å². The minimum atomic E-state index is 0.0376. The second kappa shape index (κ2) is 6.21. The SMILES string of the molecule is COc1ccc2cc(C(=O)N[C@H]3C4CCN(CC4)C3(C)C)sc2c1C1CC1. The van der Waals surface area contributed by atoms with E-state index in [4.69, 9.17) is 4.74 Å². The van der Waals surface area contributed by atoms with Crippen molar-refractivity contribution in [3.05, 3.63) is 28.6 Å². The first-order chi connectivity index (χ1) is 13.0. The number of ether oxygens (including phenoxy) is 1. The zero-order chi connectivity index (χ0) is 18.8. The molecule has 1 saturated carbocycles. The molecular formula is C22H28N2O2S. The monoisotopic (exact) mass is 384 g/mol. The Morgan fingerprint density at radius 3 is 2.59 bits per heavy atom. The number of nitrogens with one attached hydrogen (secondary N) is 1. The van der Waals surface area contributed by atoms with E-state index in [0.29, 0.717) is 11.8 Å². The average Bonchev–Trinajstić information content (AvgIpc) is 3.41. The summed E-state index contributed by atoms with van der Waals surface area (Å²) in [4.78, 5) is 16.5. The molecule has 4 heterocycles. The molecule has 6 rings (SSSR count). The summed E-state index contributed by atoms with van der Waals surface area (Å²) in [6.07, 6.45) is 4.85. The van der Waals surface area contributed by atoms with Crippen LogP contribution in [0.5, 0.6) is 5.75 Å². The lowest BCUT2D eigenvalue weighted by Gasteiger charge is -2.56. The number of piperidine rings is 3. The van der Waals surface area contributed by atoms with Gasteiger partial charge in [-0.15, -0.1) is 11.3 Å². The largest absolute Gasteiger partial charge is 0.496 e. The molecule has 2 aromatic rings. The molecule has 27 heavy (non-hydrogen) atoms. The zero-order valence-corrected chi connectivity index (χ0v) is 17.2. The van der Waals surface area contributed by atoms with Crippen LogP contribution >= 0.6 is 11.3 Å². The van der Waals surface area contributed by atoms with Gasteiger partial charge in [-0.2, -0.15) is 0 Å².